The van der Waals surface area contributed by atoms with Crippen LogP contribution in [0.15, 0.2) is 40.5 Å². The van der Waals surface area contributed by atoms with Gasteiger partial charge in [0, 0.05) is 71.2 Å². The first-order valence-corrected chi connectivity index (χ1v) is 13.1. The minimum absolute atomic E-state index is 0.00148. The summed E-state index contributed by atoms with van der Waals surface area (Å²) < 4.78 is 150. The van der Waals surface area contributed by atoms with Crippen LogP contribution in [0.2, 0.25) is 5.02 Å². The Morgan fingerprint density at radius 2 is 1.88 bits per heavy atom. The lowest BCUT2D eigenvalue weighted by Gasteiger charge is -2.40. The maximum absolute atomic E-state index is 15.4. The fourth-order valence-corrected chi connectivity index (χ4v) is 6.38. The van der Waals surface area contributed by atoms with E-state index in [9.17, 15) is 14.0 Å². The molecule has 3 aliphatic rings. The Labute approximate surface area is 250 Å². The highest BCUT2D eigenvalue weighted by atomic mass is 35.5. The third kappa shape index (κ3) is 4.67. The molecular formula is C27H22ClF5N4O3S. The molecule has 0 bridgehead atoms. The Hall–Kier alpha value is -3.16. The zero-order valence-electron chi connectivity index (χ0n) is 28.5. The molecule has 1 aromatic heterocycles. The van der Waals surface area contributed by atoms with Crippen LogP contribution in [0.25, 0.3) is 22.0 Å². The van der Waals surface area contributed by atoms with E-state index < -0.39 is 104 Å². The van der Waals surface area contributed by atoms with E-state index in [2.05, 4.69) is 11.6 Å². The lowest BCUT2D eigenvalue weighted by Crippen LogP contribution is -2.50. The molecule has 2 aromatic carbocycles. The van der Waals surface area contributed by atoms with Gasteiger partial charge in [-0.2, -0.15) is 18.2 Å². The average molecular weight is 621 g/mol. The summed E-state index contributed by atoms with van der Waals surface area (Å²) in [4.78, 5) is 29.2. The molecule has 0 atom stereocenters. The topological polar surface area (TPSA) is 67.7 Å². The van der Waals surface area contributed by atoms with Gasteiger partial charge in [-0.3, -0.25) is 9.36 Å². The van der Waals surface area contributed by atoms with Crippen molar-refractivity contribution in [1.82, 2.24) is 14.5 Å². The molecule has 1 spiro atoms. The van der Waals surface area contributed by atoms with Crippen molar-refractivity contribution in [2.24, 2.45) is 5.41 Å². The summed E-state index contributed by atoms with van der Waals surface area (Å²) in [6, 6.07) is 1.24. The van der Waals surface area contributed by atoms with Crippen LogP contribution >= 0.6 is 23.4 Å². The standard InChI is InChI=1S/C27H22ClF5N4O3S/c1-2-20(38)35-3-5-36(6-4-35)24-15-7-16(27(31,32)33)21(14-8-17(28)19(30)9-18(14)29)23-22(15)37(25(39)34-24)10-26(13-41-23)11-40-12-26/h2,7-9H,1,3-6,10-13H2/i3D2,4D2,5D2,6D2. The van der Waals surface area contributed by atoms with E-state index in [1.165, 1.54) is 0 Å². The second-order valence-electron chi connectivity index (χ2n) is 9.51. The molecule has 3 aliphatic heterocycles. The largest absolute Gasteiger partial charge is 0.417 e. The fraction of sp³-hybridized carbons (Fsp3) is 0.370. The number of carbonyl (C=O) groups is 1. The number of piperazine rings is 1. The number of amides is 1. The van der Waals surface area contributed by atoms with Crippen molar-refractivity contribution >= 4 is 46.0 Å². The molecule has 0 unspecified atom stereocenters. The van der Waals surface area contributed by atoms with E-state index in [1.807, 2.05) is 0 Å². The van der Waals surface area contributed by atoms with Gasteiger partial charge in [0.15, 0.2) is 0 Å². The van der Waals surface area contributed by atoms with Crippen molar-refractivity contribution in [2.75, 3.05) is 49.9 Å². The van der Waals surface area contributed by atoms with Crippen LogP contribution < -0.4 is 10.6 Å². The predicted octanol–water partition coefficient (Wildman–Crippen LogP) is 4.97. The summed E-state index contributed by atoms with van der Waals surface area (Å²) in [7, 11) is 0. The molecule has 216 valence electrons. The van der Waals surface area contributed by atoms with Crippen molar-refractivity contribution in [2.45, 2.75) is 17.6 Å². The first kappa shape index (κ1) is 19.9. The first-order chi connectivity index (χ1) is 22.4. The van der Waals surface area contributed by atoms with Gasteiger partial charge < -0.3 is 14.5 Å². The number of benzene rings is 2. The van der Waals surface area contributed by atoms with E-state index in [0.717, 1.165) is 16.3 Å². The quantitative estimate of drug-likeness (QED) is 0.234. The summed E-state index contributed by atoms with van der Waals surface area (Å²) in [5, 5.41) is -1.52. The summed E-state index contributed by atoms with van der Waals surface area (Å²) in [5.74, 6) is -5.51. The third-order valence-electron chi connectivity index (χ3n) is 6.77. The number of nitrogens with zero attached hydrogens (tertiary/aromatic N) is 4. The fourth-order valence-electron chi connectivity index (χ4n) is 4.79. The Kier molecular flexibility index (Phi) is 4.84. The highest BCUT2D eigenvalue weighted by Crippen LogP contribution is 2.51. The second kappa shape index (κ2) is 9.99. The van der Waals surface area contributed by atoms with E-state index >= 15 is 17.6 Å². The summed E-state index contributed by atoms with van der Waals surface area (Å²) in [5.41, 5.74) is -5.86. The van der Waals surface area contributed by atoms with E-state index in [1.54, 1.807) is 0 Å². The predicted molar refractivity (Wildman–Crippen MR) is 144 cm³/mol. The highest BCUT2D eigenvalue weighted by molar-refractivity contribution is 7.99. The normalized spacial score (nSPS) is 26.2. The lowest BCUT2D eigenvalue weighted by molar-refractivity contribution is -0.137. The van der Waals surface area contributed by atoms with Crippen LogP contribution in [0.4, 0.5) is 27.8 Å². The first-order valence-electron chi connectivity index (χ1n) is 15.8. The summed E-state index contributed by atoms with van der Waals surface area (Å²) in [6.45, 7) is -12.2. The molecule has 3 aromatic rings. The molecule has 0 radical (unpaired) electrons. The average Bonchev–Trinajstić information content (AvgIpc) is 3.14. The molecule has 1 amide bonds. The van der Waals surface area contributed by atoms with Gasteiger partial charge in [0.25, 0.3) is 0 Å². The van der Waals surface area contributed by atoms with Gasteiger partial charge in [0.1, 0.15) is 17.5 Å². The van der Waals surface area contributed by atoms with Crippen molar-refractivity contribution in [1.29, 1.82) is 0 Å². The number of ether oxygens (including phenoxy) is 1. The third-order valence-corrected chi connectivity index (χ3v) is 8.50. The molecule has 14 heteroatoms. The van der Waals surface area contributed by atoms with Gasteiger partial charge >= 0.3 is 11.9 Å². The number of carbonyl (C=O) groups excluding carboxylic acids is 1. The minimum Gasteiger partial charge on any atom is -0.380 e. The van der Waals surface area contributed by atoms with Crippen molar-refractivity contribution in [3.05, 3.63) is 63.6 Å². The second-order valence-corrected chi connectivity index (χ2v) is 10.9. The van der Waals surface area contributed by atoms with Gasteiger partial charge in [0.05, 0.1) is 40.3 Å². The maximum atomic E-state index is 15.4. The smallest absolute Gasteiger partial charge is 0.380 e. The number of rotatable bonds is 3. The van der Waals surface area contributed by atoms with Crippen LogP contribution in [-0.2, 0) is 22.3 Å². The number of thioether (sulfide) groups is 1. The molecule has 7 nitrogen and oxygen atoms in total. The summed E-state index contributed by atoms with van der Waals surface area (Å²) >= 11 is 6.61. The lowest BCUT2D eigenvalue weighted by atomic mass is 9.88. The van der Waals surface area contributed by atoms with Crippen molar-refractivity contribution in [3.8, 4) is 11.1 Å². The zero-order chi connectivity index (χ0) is 36.4. The van der Waals surface area contributed by atoms with E-state index in [0.29, 0.717) is 18.2 Å². The number of halogens is 6. The molecule has 0 N–H and O–H groups in total. The Bertz CT molecular complexity index is 2000. The summed E-state index contributed by atoms with van der Waals surface area (Å²) in [6.07, 6.45) is -4.94. The number of hydrogen-bond donors (Lipinski definition) is 0. The monoisotopic (exact) mass is 620 g/mol. The molecular weight excluding hydrogens is 591 g/mol. The number of hydrogen-bond acceptors (Lipinski definition) is 6. The number of anilines is 1. The van der Waals surface area contributed by atoms with Gasteiger partial charge in [-0.25, -0.2) is 13.6 Å². The van der Waals surface area contributed by atoms with Crippen molar-refractivity contribution in [3.63, 3.8) is 0 Å². The van der Waals surface area contributed by atoms with E-state index in [4.69, 9.17) is 27.3 Å². The van der Waals surface area contributed by atoms with Crippen LogP contribution in [-0.4, -0.2) is 65.3 Å². The zero-order valence-corrected chi connectivity index (χ0v) is 22.1. The van der Waals surface area contributed by atoms with Gasteiger partial charge in [0.2, 0.25) is 5.91 Å². The Balaban J connectivity index is 1.79. The van der Waals surface area contributed by atoms with E-state index in [-0.39, 0.29) is 41.4 Å². The van der Waals surface area contributed by atoms with Crippen molar-refractivity contribution < 1.29 is 42.4 Å². The number of alkyl halides is 3. The molecule has 0 saturated carbocycles. The molecule has 6 rings (SSSR count). The van der Waals surface area contributed by atoms with Crippen LogP contribution in [0, 0.1) is 17.0 Å². The van der Waals surface area contributed by atoms with Gasteiger partial charge in [-0.1, -0.05) is 18.2 Å². The van der Waals surface area contributed by atoms with Crippen LogP contribution in [0.1, 0.15) is 16.5 Å². The van der Waals surface area contributed by atoms with Gasteiger partial charge in [-0.05, 0) is 18.2 Å². The maximum Gasteiger partial charge on any atom is 0.417 e. The van der Waals surface area contributed by atoms with Gasteiger partial charge in [-0.15, -0.1) is 11.8 Å². The SMILES string of the molecule is [2H]C1([2H])N(C(=O)C=C)C([2H])([2H])C([2H])([2H])N(c2nc(=O)n3c4c(c(-c5cc(Cl)c(F)cc5F)c(C(F)(F)F)cc24)SCC2(COC2)C3)C1([2H])[2H]. The van der Waals surface area contributed by atoms with Crippen LogP contribution in [0.3, 0.4) is 0 Å². The molecule has 41 heavy (non-hydrogen) atoms. The molecule has 2 saturated heterocycles. The van der Waals surface area contributed by atoms with Crippen LogP contribution in [0.5, 0.6) is 0 Å². The molecule has 0 aliphatic carbocycles. The minimum atomic E-state index is -5.36. The molecule has 2 fully saturated rings. The Morgan fingerprint density at radius 3 is 2.49 bits per heavy atom. The Morgan fingerprint density at radius 1 is 1.17 bits per heavy atom. The highest BCUT2D eigenvalue weighted by Gasteiger charge is 2.45. The number of aromatic nitrogens is 2. The molecule has 4 heterocycles.